The van der Waals surface area contributed by atoms with Crippen LogP contribution in [0.15, 0.2) is 65.8 Å². The predicted octanol–water partition coefficient (Wildman–Crippen LogP) is 2.08. The van der Waals surface area contributed by atoms with Crippen molar-refractivity contribution in [3.8, 4) is 11.1 Å². The van der Waals surface area contributed by atoms with Crippen LogP contribution in [0.5, 0.6) is 0 Å². The van der Waals surface area contributed by atoms with Crippen LogP contribution in [-0.2, 0) is 11.2 Å². The molecule has 4 N–H and O–H groups in total. The first kappa shape index (κ1) is 17.5. The van der Waals surface area contributed by atoms with Gasteiger partial charge in [-0.1, -0.05) is 12.1 Å². The molecule has 0 radical (unpaired) electrons. The van der Waals surface area contributed by atoms with Crippen molar-refractivity contribution in [3.05, 3.63) is 82.8 Å². The van der Waals surface area contributed by atoms with Crippen molar-refractivity contribution < 1.29 is 9.18 Å². The second-order valence-corrected chi connectivity index (χ2v) is 5.79. The smallest absolute Gasteiger partial charge is 0.271 e. The van der Waals surface area contributed by atoms with Gasteiger partial charge in [0.2, 0.25) is 5.91 Å². The van der Waals surface area contributed by atoms with Crippen molar-refractivity contribution in [1.82, 2.24) is 9.97 Å². The normalized spacial score (nSPS) is 11.8. The lowest BCUT2D eigenvalue weighted by atomic mass is 10.1. The molecule has 0 unspecified atom stereocenters. The first-order valence-electron chi connectivity index (χ1n) is 7.97. The van der Waals surface area contributed by atoms with Gasteiger partial charge in [-0.15, -0.1) is 0 Å². The van der Waals surface area contributed by atoms with E-state index in [0.717, 1.165) is 16.7 Å². The topological polar surface area (TPSA) is 101 Å². The van der Waals surface area contributed by atoms with Gasteiger partial charge in [-0.05, 0) is 47.9 Å². The fraction of sp³-hybridized carbons (Fsp3) is 0.105. The van der Waals surface area contributed by atoms with Crippen molar-refractivity contribution in [2.45, 2.75) is 12.5 Å². The Labute approximate surface area is 148 Å². The van der Waals surface area contributed by atoms with Crippen molar-refractivity contribution >= 4 is 11.6 Å². The summed E-state index contributed by atoms with van der Waals surface area (Å²) in [7, 11) is 0. The molecule has 7 heteroatoms. The molecule has 132 valence electrons. The molecular weight excluding hydrogens is 335 g/mol. The van der Waals surface area contributed by atoms with E-state index in [0.29, 0.717) is 0 Å². The molecule has 3 aromatic rings. The minimum absolute atomic E-state index is 0.110. The van der Waals surface area contributed by atoms with Crippen molar-refractivity contribution in [2.75, 3.05) is 5.32 Å². The third-order valence-corrected chi connectivity index (χ3v) is 3.88. The fourth-order valence-corrected chi connectivity index (χ4v) is 2.48. The summed E-state index contributed by atoms with van der Waals surface area (Å²) in [6.45, 7) is 0. The Morgan fingerprint density at radius 1 is 1.15 bits per heavy atom. The van der Waals surface area contributed by atoms with E-state index in [4.69, 9.17) is 5.73 Å². The molecule has 0 aliphatic heterocycles. The summed E-state index contributed by atoms with van der Waals surface area (Å²) in [5.41, 5.74) is 7.90. The number of nitrogens with two attached hydrogens (primary N) is 1. The number of carbonyl (C=O) groups excluding carboxylic acids is 1. The molecule has 26 heavy (non-hydrogen) atoms. The maximum absolute atomic E-state index is 12.9. The largest absolute Gasteiger partial charge is 0.327 e. The van der Waals surface area contributed by atoms with Crippen LogP contribution in [0.2, 0.25) is 0 Å². The minimum atomic E-state index is -0.871. The number of nitrogens with one attached hydrogen (secondary N) is 2. The summed E-state index contributed by atoms with van der Waals surface area (Å²) >= 11 is 0. The summed E-state index contributed by atoms with van der Waals surface area (Å²) in [6.07, 6.45) is 5.06. The molecule has 1 amide bonds. The van der Waals surface area contributed by atoms with Gasteiger partial charge in [0.15, 0.2) is 0 Å². The standard InChI is InChI=1S/C19H17FN4O2/c20-15-3-1-12(2-4-15)9-16(21)18(25)24-17-10-14(11-23-19(17)26)13-5-7-22-8-6-13/h1-8,10-11,16H,9,21H2,(H,23,26)(H,24,25)/t16-/m0/s1. The number of aromatic amines is 1. The molecule has 0 saturated heterocycles. The van der Waals surface area contributed by atoms with Crippen LogP contribution >= 0.6 is 0 Å². The molecule has 0 saturated carbocycles. The lowest BCUT2D eigenvalue weighted by Crippen LogP contribution is -2.38. The van der Waals surface area contributed by atoms with E-state index in [9.17, 15) is 14.0 Å². The van der Waals surface area contributed by atoms with E-state index in [-0.39, 0.29) is 17.9 Å². The van der Waals surface area contributed by atoms with Crippen LogP contribution in [-0.4, -0.2) is 21.9 Å². The molecule has 2 aromatic heterocycles. The van der Waals surface area contributed by atoms with Crippen molar-refractivity contribution in [2.24, 2.45) is 5.73 Å². The Kier molecular flexibility index (Phi) is 5.19. The summed E-state index contributed by atoms with van der Waals surface area (Å²) < 4.78 is 12.9. The van der Waals surface area contributed by atoms with Gasteiger partial charge in [-0.2, -0.15) is 0 Å². The Bertz CT molecular complexity index is 955. The van der Waals surface area contributed by atoms with Crippen LogP contribution < -0.4 is 16.6 Å². The zero-order chi connectivity index (χ0) is 18.5. The number of anilines is 1. The minimum Gasteiger partial charge on any atom is -0.327 e. The van der Waals surface area contributed by atoms with Crippen LogP contribution in [0.4, 0.5) is 10.1 Å². The lowest BCUT2D eigenvalue weighted by Gasteiger charge is -2.12. The molecule has 0 aliphatic rings. The number of hydrogen-bond donors (Lipinski definition) is 3. The first-order valence-corrected chi connectivity index (χ1v) is 7.97. The van der Waals surface area contributed by atoms with Gasteiger partial charge in [0, 0.05) is 24.2 Å². The van der Waals surface area contributed by atoms with Crippen LogP contribution in [0.1, 0.15) is 5.56 Å². The monoisotopic (exact) mass is 352 g/mol. The van der Waals surface area contributed by atoms with Gasteiger partial charge in [0.05, 0.1) is 6.04 Å². The molecule has 0 aliphatic carbocycles. The molecule has 0 fully saturated rings. The molecule has 3 rings (SSSR count). The van der Waals surface area contributed by atoms with Crippen molar-refractivity contribution in [1.29, 1.82) is 0 Å². The van der Waals surface area contributed by atoms with E-state index in [2.05, 4.69) is 15.3 Å². The molecule has 1 atom stereocenters. The first-order chi connectivity index (χ1) is 12.5. The number of benzene rings is 1. The zero-order valence-electron chi connectivity index (χ0n) is 13.8. The fourth-order valence-electron chi connectivity index (χ4n) is 2.48. The van der Waals surface area contributed by atoms with E-state index >= 15 is 0 Å². The SMILES string of the molecule is N[C@@H](Cc1ccc(F)cc1)C(=O)Nc1cc(-c2ccncc2)c[nH]c1=O. The van der Waals surface area contributed by atoms with Gasteiger partial charge in [0.1, 0.15) is 11.5 Å². The summed E-state index contributed by atoms with van der Waals surface area (Å²) in [4.78, 5) is 30.8. The van der Waals surface area contributed by atoms with E-state index in [1.165, 1.54) is 12.1 Å². The zero-order valence-corrected chi connectivity index (χ0v) is 13.8. The highest BCUT2D eigenvalue weighted by Gasteiger charge is 2.16. The molecule has 0 spiro atoms. The Balaban J connectivity index is 1.74. The molecule has 6 nitrogen and oxygen atoms in total. The number of rotatable bonds is 5. The quantitative estimate of drug-likeness (QED) is 0.654. The number of amides is 1. The number of carbonyl (C=O) groups is 1. The molecule has 2 heterocycles. The summed E-state index contributed by atoms with van der Waals surface area (Å²) in [5, 5.41) is 2.55. The highest BCUT2D eigenvalue weighted by Crippen LogP contribution is 2.18. The molecule has 0 bridgehead atoms. The lowest BCUT2D eigenvalue weighted by molar-refractivity contribution is -0.117. The number of aromatic nitrogens is 2. The number of nitrogens with zero attached hydrogens (tertiary/aromatic N) is 1. The van der Waals surface area contributed by atoms with Crippen molar-refractivity contribution in [3.63, 3.8) is 0 Å². The number of hydrogen-bond acceptors (Lipinski definition) is 4. The second-order valence-electron chi connectivity index (χ2n) is 5.79. The Morgan fingerprint density at radius 3 is 2.54 bits per heavy atom. The maximum atomic E-state index is 12.9. The van der Waals surface area contributed by atoms with E-state index in [1.54, 1.807) is 48.9 Å². The summed E-state index contributed by atoms with van der Waals surface area (Å²) in [5.74, 6) is -0.849. The Hall–Kier alpha value is -3.32. The van der Waals surface area contributed by atoms with Crippen LogP contribution in [0.25, 0.3) is 11.1 Å². The third kappa shape index (κ3) is 4.20. The summed E-state index contributed by atoms with van der Waals surface area (Å²) in [6, 6.07) is 10.0. The van der Waals surface area contributed by atoms with Crippen LogP contribution in [0.3, 0.4) is 0 Å². The highest BCUT2D eigenvalue weighted by atomic mass is 19.1. The average Bonchev–Trinajstić information content (AvgIpc) is 2.66. The average molecular weight is 352 g/mol. The van der Waals surface area contributed by atoms with E-state index in [1.807, 2.05) is 0 Å². The highest BCUT2D eigenvalue weighted by molar-refractivity contribution is 5.95. The number of H-pyrrole nitrogens is 1. The van der Waals surface area contributed by atoms with Gasteiger partial charge >= 0.3 is 0 Å². The van der Waals surface area contributed by atoms with Gasteiger partial charge in [-0.3, -0.25) is 14.6 Å². The maximum Gasteiger partial charge on any atom is 0.271 e. The molecule has 1 aromatic carbocycles. The third-order valence-electron chi connectivity index (χ3n) is 3.88. The van der Waals surface area contributed by atoms with Crippen LogP contribution in [0, 0.1) is 5.82 Å². The van der Waals surface area contributed by atoms with Gasteiger partial charge < -0.3 is 16.0 Å². The second kappa shape index (κ2) is 7.71. The van der Waals surface area contributed by atoms with Gasteiger partial charge in [-0.25, -0.2) is 4.39 Å². The predicted molar refractivity (Wildman–Crippen MR) is 97.0 cm³/mol. The number of pyridine rings is 2. The van der Waals surface area contributed by atoms with E-state index < -0.39 is 17.5 Å². The number of halogens is 1. The van der Waals surface area contributed by atoms with Gasteiger partial charge in [0.25, 0.3) is 5.56 Å². The Morgan fingerprint density at radius 2 is 1.85 bits per heavy atom. The molecular formula is C19H17FN4O2.